The lowest BCUT2D eigenvalue weighted by molar-refractivity contribution is -0.121. The number of benzene rings is 2. The van der Waals surface area contributed by atoms with Crippen molar-refractivity contribution in [2.75, 3.05) is 14.2 Å². The van der Waals surface area contributed by atoms with Crippen LogP contribution in [0.15, 0.2) is 52.1 Å². The van der Waals surface area contributed by atoms with Crippen LogP contribution in [-0.2, 0) is 22.6 Å². The van der Waals surface area contributed by atoms with Crippen LogP contribution in [-0.4, -0.2) is 35.6 Å². The molecule has 1 amide bonds. The number of nitrogens with one attached hydrogen (secondary N) is 2. The summed E-state index contributed by atoms with van der Waals surface area (Å²) in [5.41, 5.74) is 0.577. The summed E-state index contributed by atoms with van der Waals surface area (Å²) in [4.78, 5) is 51.4. The van der Waals surface area contributed by atoms with E-state index < -0.39 is 17.2 Å². The molecule has 0 spiro atoms. The van der Waals surface area contributed by atoms with Gasteiger partial charge in [0.1, 0.15) is 5.75 Å². The van der Waals surface area contributed by atoms with Crippen LogP contribution in [0.5, 0.6) is 5.75 Å². The molecule has 0 aliphatic rings. The first kappa shape index (κ1) is 23.8. The Morgan fingerprint density at radius 1 is 1.00 bits per heavy atom. The molecule has 9 heteroatoms. The highest BCUT2D eigenvalue weighted by Crippen LogP contribution is 2.12. The van der Waals surface area contributed by atoms with Crippen molar-refractivity contribution >= 4 is 22.8 Å². The van der Waals surface area contributed by atoms with E-state index >= 15 is 0 Å². The molecule has 2 aromatic carbocycles. The quantitative estimate of drug-likeness (QED) is 0.359. The highest BCUT2D eigenvalue weighted by atomic mass is 16.5. The van der Waals surface area contributed by atoms with Gasteiger partial charge in [-0.25, -0.2) is 9.59 Å². The van der Waals surface area contributed by atoms with Crippen LogP contribution in [0.1, 0.15) is 41.6 Å². The molecule has 0 atom stereocenters. The van der Waals surface area contributed by atoms with Crippen LogP contribution in [0.3, 0.4) is 0 Å². The second-order valence-electron chi connectivity index (χ2n) is 7.57. The number of hydrogen-bond donors (Lipinski definition) is 2. The van der Waals surface area contributed by atoms with Gasteiger partial charge in [0.15, 0.2) is 0 Å². The van der Waals surface area contributed by atoms with Crippen molar-refractivity contribution in [1.29, 1.82) is 0 Å². The molecule has 0 saturated carbocycles. The topological polar surface area (TPSA) is 119 Å². The van der Waals surface area contributed by atoms with Crippen LogP contribution in [0.25, 0.3) is 10.9 Å². The van der Waals surface area contributed by atoms with Crippen molar-refractivity contribution in [3.63, 3.8) is 0 Å². The van der Waals surface area contributed by atoms with E-state index in [2.05, 4.69) is 15.0 Å². The average Bonchev–Trinajstić information content (AvgIpc) is 2.83. The van der Waals surface area contributed by atoms with Crippen molar-refractivity contribution in [1.82, 2.24) is 14.9 Å². The average molecular weight is 453 g/mol. The second-order valence-corrected chi connectivity index (χ2v) is 7.57. The van der Waals surface area contributed by atoms with Gasteiger partial charge in [0.25, 0.3) is 5.56 Å². The number of amides is 1. The van der Waals surface area contributed by atoms with Gasteiger partial charge in [-0.05, 0) is 48.7 Å². The summed E-state index contributed by atoms with van der Waals surface area (Å²) in [5.74, 6) is 0.170. The fourth-order valence-electron chi connectivity index (χ4n) is 3.47. The highest BCUT2D eigenvalue weighted by molar-refractivity contribution is 5.93. The maximum absolute atomic E-state index is 12.7. The van der Waals surface area contributed by atoms with E-state index in [0.29, 0.717) is 37.6 Å². The van der Waals surface area contributed by atoms with Gasteiger partial charge in [-0.3, -0.25) is 14.2 Å². The number of H-pyrrole nitrogens is 1. The largest absolute Gasteiger partial charge is 0.497 e. The fraction of sp³-hybridized carbons (Fsp3) is 0.333. The number of aromatic nitrogens is 2. The number of unbranched alkanes of at least 4 members (excludes halogenated alkanes) is 2. The molecule has 0 saturated heterocycles. The van der Waals surface area contributed by atoms with Gasteiger partial charge < -0.3 is 19.8 Å². The van der Waals surface area contributed by atoms with Gasteiger partial charge in [0.05, 0.1) is 30.7 Å². The van der Waals surface area contributed by atoms with E-state index in [1.165, 1.54) is 25.3 Å². The fourth-order valence-corrected chi connectivity index (χ4v) is 3.47. The van der Waals surface area contributed by atoms with Crippen molar-refractivity contribution in [3.05, 3.63) is 74.4 Å². The van der Waals surface area contributed by atoms with E-state index in [4.69, 9.17) is 4.74 Å². The van der Waals surface area contributed by atoms with Gasteiger partial charge in [0, 0.05) is 19.5 Å². The minimum atomic E-state index is -0.546. The molecule has 3 rings (SSSR count). The molecule has 0 aliphatic carbocycles. The Bertz CT molecular complexity index is 1240. The lowest BCUT2D eigenvalue weighted by Gasteiger charge is -2.08. The Kier molecular flexibility index (Phi) is 8.01. The van der Waals surface area contributed by atoms with E-state index in [1.807, 2.05) is 24.3 Å². The Morgan fingerprint density at radius 2 is 1.76 bits per heavy atom. The maximum Gasteiger partial charge on any atom is 0.337 e. The van der Waals surface area contributed by atoms with Gasteiger partial charge in [-0.1, -0.05) is 18.6 Å². The molecule has 9 nitrogen and oxygen atoms in total. The molecule has 0 fully saturated rings. The molecule has 0 bridgehead atoms. The zero-order chi connectivity index (χ0) is 23.8. The standard InChI is InChI=1S/C24H27N3O6/c1-32-18-10-7-16(8-11-18)15-25-21(28)6-4-3-5-13-27-22(29)19-12-9-17(23(30)33-2)14-20(19)26-24(27)31/h7-12,14H,3-6,13,15H2,1-2H3,(H,25,28)(H,26,31). The number of rotatable bonds is 10. The smallest absolute Gasteiger partial charge is 0.337 e. The van der Waals surface area contributed by atoms with E-state index in [1.54, 1.807) is 7.11 Å². The normalized spacial score (nSPS) is 10.7. The van der Waals surface area contributed by atoms with E-state index in [9.17, 15) is 19.2 Å². The molecule has 1 aromatic heterocycles. The summed E-state index contributed by atoms with van der Waals surface area (Å²) in [6.45, 7) is 0.693. The molecular formula is C24H27N3O6. The van der Waals surface area contributed by atoms with Crippen LogP contribution in [0, 0.1) is 0 Å². The third-order valence-electron chi connectivity index (χ3n) is 5.34. The first-order chi connectivity index (χ1) is 15.9. The molecule has 1 heterocycles. The third kappa shape index (κ3) is 6.09. The van der Waals surface area contributed by atoms with Gasteiger partial charge in [0.2, 0.25) is 5.91 Å². The second kappa shape index (κ2) is 11.1. The predicted octanol–water partition coefficient (Wildman–Crippen LogP) is 2.36. The molecule has 2 N–H and O–H groups in total. The lowest BCUT2D eigenvalue weighted by Crippen LogP contribution is -2.35. The van der Waals surface area contributed by atoms with Gasteiger partial charge in [-0.15, -0.1) is 0 Å². The number of ether oxygens (including phenoxy) is 2. The van der Waals surface area contributed by atoms with Crippen LogP contribution >= 0.6 is 0 Å². The van der Waals surface area contributed by atoms with Crippen LogP contribution in [0.2, 0.25) is 0 Å². The number of carbonyl (C=O) groups is 2. The summed E-state index contributed by atoms with van der Waals surface area (Å²) in [6.07, 6.45) is 2.30. The number of carbonyl (C=O) groups excluding carboxylic acids is 2. The Hall–Kier alpha value is -3.88. The maximum atomic E-state index is 12.7. The SMILES string of the molecule is COC(=O)c1ccc2c(=O)n(CCCCCC(=O)NCc3ccc(OC)cc3)c(=O)[nH]c2c1. The Morgan fingerprint density at radius 3 is 2.45 bits per heavy atom. The number of nitrogens with zero attached hydrogens (tertiary/aromatic N) is 1. The minimum absolute atomic E-state index is 0.0482. The summed E-state index contributed by atoms with van der Waals surface area (Å²) in [5, 5.41) is 3.20. The van der Waals surface area contributed by atoms with Gasteiger partial charge >= 0.3 is 11.7 Å². The molecule has 0 aliphatic heterocycles. The predicted molar refractivity (Wildman–Crippen MR) is 123 cm³/mol. The zero-order valence-corrected chi connectivity index (χ0v) is 18.7. The molecule has 33 heavy (non-hydrogen) atoms. The van der Waals surface area contributed by atoms with Crippen LogP contribution < -0.4 is 21.3 Å². The first-order valence-electron chi connectivity index (χ1n) is 10.7. The monoisotopic (exact) mass is 453 g/mol. The van der Waals surface area contributed by atoms with Crippen LogP contribution in [0.4, 0.5) is 0 Å². The molecule has 174 valence electrons. The summed E-state index contributed by atoms with van der Waals surface area (Å²) >= 11 is 0. The minimum Gasteiger partial charge on any atom is -0.497 e. The summed E-state index contributed by atoms with van der Waals surface area (Å²) in [7, 11) is 2.86. The molecular weight excluding hydrogens is 426 g/mol. The van der Waals surface area contributed by atoms with Crippen molar-refractivity contribution in [2.45, 2.75) is 38.8 Å². The molecule has 0 radical (unpaired) electrons. The zero-order valence-electron chi connectivity index (χ0n) is 18.7. The number of hydrogen-bond acceptors (Lipinski definition) is 6. The van der Waals surface area contributed by atoms with Gasteiger partial charge in [-0.2, -0.15) is 0 Å². The number of esters is 1. The van der Waals surface area contributed by atoms with E-state index in [0.717, 1.165) is 15.9 Å². The molecule has 3 aromatic rings. The molecule has 0 unspecified atom stereocenters. The summed E-state index contributed by atoms with van der Waals surface area (Å²) in [6, 6.07) is 11.9. The summed E-state index contributed by atoms with van der Waals surface area (Å²) < 4.78 is 10.9. The van der Waals surface area contributed by atoms with Crippen molar-refractivity contribution < 1.29 is 19.1 Å². The Balaban J connectivity index is 1.48. The van der Waals surface area contributed by atoms with Crippen molar-refractivity contribution in [2.24, 2.45) is 0 Å². The first-order valence-corrected chi connectivity index (χ1v) is 10.7. The number of aromatic amines is 1. The van der Waals surface area contributed by atoms with Crippen molar-refractivity contribution in [3.8, 4) is 5.75 Å². The van der Waals surface area contributed by atoms with E-state index in [-0.39, 0.29) is 23.5 Å². The number of fused-ring (bicyclic) bond motifs is 1. The Labute approximate surface area is 190 Å². The highest BCUT2D eigenvalue weighted by Gasteiger charge is 2.11. The lowest BCUT2D eigenvalue weighted by atomic mass is 10.1. The third-order valence-corrected chi connectivity index (χ3v) is 5.34. The number of methoxy groups -OCH3 is 2.